The Bertz CT molecular complexity index is 745. The SMILES string of the molecule is CN(Cc1ccc(N2CCOCC2)cc1)C(=O)c1ccc(OC(F)F)cc1. The Balaban J connectivity index is 1.59. The van der Waals surface area contributed by atoms with Gasteiger partial charge in [0.15, 0.2) is 0 Å². The monoisotopic (exact) mass is 376 g/mol. The van der Waals surface area contributed by atoms with Crippen LogP contribution in [0.5, 0.6) is 5.75 Å². The van der Waals surface area contributed by atoms with Crippen molar-refractivity contribution in [3.63, 3.8) is 0 Å². The molecule has 0 radical (unpaired) electrons. The average Bonchev–Trinajstić information content (AvgIpc) is 2.69. The van der Waals surface area contributed by atoms with Gasteiger partial charge in [0, 0.05) is 37.9 Å². The molecule has 0 unspecified atom stereocenters. The van der Waals surface area contributed by atoms with Crippen molar-refractivity contribution in [3.8, 4) is 5.75 Å². The van der Waals surface area contributed by atoms with Crippen molar-refractivity contribution in [3.05, 3.63) is 59.7 Å². The van der Waals surface area contributed by atoms with E-state index >= 15 is 0 Å². The fraction of sp³-hybridized carbons (Fsp3) is 0.350. The van der Waals surface area contributed by atoms with Crippen LogP contribution in [-0.2, 0) is 11.3 Å². The zero-order valence-corrected chi connectivity index (χ0v) is 15.1. The summed E-state index contributed by atoms with van der Waals surface area (Å²) >= 11 is 0. The van der Waals surface area contributed by atoms with Crippen LogP contribution in [0.25, 0.3) is 0 Å². The van der Waals surface area contributed by atoms with Gasteiger partial charge in [-0.1, -0.05) is 12.1 Å². The third-order valence-electron chi connectivity index (χ3n) is 4.41. The van der Waals surface area contributed by atoms with Crippen molar-refractivity contribution in [2.24, 2.45) is 0 Å². The van der Waals surface area contributed by atoms with E-state index in [1.54, 1.807) is 11.9 Å². The summed E-state index contributed by atoms with van der Waals surface area (Å²) in [6.07, 6.45) is 0. The molecule has 1 amide bonds. The van der Waals surface area contributed by atoms with Crippen LogP contribution in [0.2, 0.25) is 0 Å². The van der Waals surface area contributed by atoms with Crippen molar-refractivity contribution >= 4 is 11.6 Å². The van der Waals surface area contributed by atoms with Gasteiger partial charge in [-0.25, -0.2) is 0 Å². The zero-order valence-electron chi connectivity index (χ0n) is 15.1. The lowest BCUT2D eigenvalue weighted by molar-refractivity contribution is -0.0498. The Kier molecular flexibility index (Phi) is 6.24. The van der Waals surface area contributed by atoms with Gasteiger partial charge in [-0.05, 0) is 42.0 Å². The zero-order chi connectivity index (χ0) is 19.2. The second-order valence-electron chi connectivity index (χ2n) is 6.33. The molecular formula is C20H22F2N2O3. The predicted octanol–water partition coefficient (Wildman–Crippen LogP) is 3.40. The van der Waals surface area contributed by atoms with Crippen molar-refractivity contribution in [1.82, 2.24) is 4.90 Å². The Morgan fingerprint density at radius 2 is 1.74 bits per heavy atom. The van der Waals surface area contributed by atoms with Gasteiger partial charge in [-0.2, -0.15) is 8.78 Å². The Morgan fingerprint density at radius 1 is 1.11 bits per heavy atom. The summed E-state index contributed by atoms with van der Waals surface area (Å²) in [6, 6.07) is 13.8. The number of anilines is 1. The number of carbonyl (C=O) groups is 1. The van der Waals surface area contributed by atoms with E-state index in [-0.39, 0.29) is 11.7 Å². The third-order valence-corrected chi connectivity index (χ3v) is 4.41. The molecule has 1 saturated heterocycles. The lowest BCUT2D eigenvalue weighted by atomic mass is 10.1. The van der Waals surface area contributed by atoms with Crippen LogP contribution < -0.4 is 9.64 Å². The highest BCUT2D eigenvalue weighted by Gasteiger charge is 2.14. The number of rotatable bonds is 6. The van der Waals surface area contributed by atoms with Gasteiger partial charge in [-0.15, -0.1) is 0 Å². The molecule has 1 aliphatic rings. The molecule has 27 heavy (non-hydrogen) atoms. The molecule has 5 nitrogen and oxygen atoms in total. The number of nitrogens with zero attached hydrogens (tertiary/aromatic N) is 2. The molecule has 0 atom stereocenters. The molecule has 144 valence electrons. The summed E-state index contributed by atoms with van der Waals surface area (Å²) in [5, 5.41) is 0. The van der Waals surface area contributed by atoms with E-state index in [9.17, 15) is 13.6 Å². The second-order valence-corrected chi connectivity index (χ2v) is 6.33. The second kappa shape index (κ2) is 8.81. The molecular weight excluding hydrogens is 354 g/mol. The van der Waals surface area contributed by atoms with Crippen LogP contribution >= 0.6 is 0 Å². The summed E-state index contributed by atoms with van der Waals surface area (Å²) in [5.74, 6) is -0.154. The van der Waals surface area contributed by atoms with E-state index in [4.69, 9.17) is 4.74 Å². The maximum atomic E-state index is 12.5. The Hall–Kier alpha value is -2.67. The summed E-state index contributed by atoms with van der Waals surface area (Å²) < 4.78 is 34.0. The molecule has 1 fully saturated rings. The Morgan fingerprint density at radius 3 is 2.33 bits per heavy atom. The summed E-state index contributed by atoms with van der Waals surface area (Å²) in [5.41, 5.74) is 2.58. The molecule has 1 aliphatic heterocycles. The standard InChI is InChI=1S/C20H22F2N2O3/c1-23(19(25)16-4-8-18(9-5-16)27-20(21)22)14-15-2-6-17(7-3-15)24-10-12-26-13-11-24/h2-9,20H,10-14H2,1H3. The van der Waals surface area contributed by atoms with Gasteiger partial charge in [-0.3, -0.25) is 4.79 Å². The summed E-state index contributed by atoms with van der Waals surface area (Å²) in [6.45, 7) is 0.804. The van der Waals surface area contributed by atoms with Gasteiger partial charge in [0.2, 0.25) is 0 Å². The number of benzene rings is 2. The first kappa shape index (κ1) is 19.1. The van der Waals surface area contributed by atoms with E-state index < -0.39 is 6.61 Å². The lowest BCUT2D eigenvalue weighted by Crippen LogP contribution is -2.36. The highest BCUT2D eigenvalue weighted by Crippen LogP contribution is 2.19. The van der Waals surface area contributed by atoms with Crippen molar-refractivity contribution in [2.45, 2.75) is 13.2 Å². The molecule has 0 N–H and O–H groups in total. The minimum absolute atomic E-state index is 0.0305. The number of halogens is 2. The molecule has 2 aromatic rings. The number of hydrogen-bond acceptors (Lipinski definition) is 4. The third kappa shape index (κ3) is 5.17. The van der Waals surface area contributed by atoms with Crippen LogP contribution in [0, 0.1) is 0 Å². The van der Waals surface area contributed by atoms with Crippen LogP contribution in [0.3, 0.4) is 0 Å². The minimum atomic E-state index is -2.88. The number of carbonyl (C=O) groups excluding carboxylic acids is 1. The summed E-state index contributed by atoms with van der Waals surface area (Å²) in [7, 11) is 1.71. The van der Waals surface area contributed by atoms with Crippen molar-refractivity contribution < 1.29 is 23.0 Å². The number of hydrogen-bond donors (Lipinski definition) is 0. The molecule has 0 spiro atoms. The van der Waals surface area contributed by atoms with Crippen LogP contribution in [0.4, 0.5) is 14.5 Å². The van der Waals surface area contributed by atoms with Gasteiger partial charge in [0.25, 0.3) is 5.91 Å². The van der Waals surface area contributed by atoms with E-state index in [1.165, 1.54) is 24.3 Å². The van der Waals surface area contributed by atoms with E-state index in [0.29, 0.717) is 12.1 Å². The van der Waals surface area contributed by atoms with E-state index in [1.807, 2.05) is 12.1 Å². The number of morpholine rings is 1. The highest BCUT2D eigenvalue weighted by atomic mass is 19.3. The molecule has 1 heterocycles. The number of alkyl halides is 2. The van der Waals surface area contributed by atoms with Gasteiger partial charge >= 0.3 is 6.61 Å². The fourth-order valence-electron chi connectivity index (χ4n) is 2.98. The van der Waals surface area contributed by atoms with Gasteiger partial charge in [0.1, 0.15) is 5.75 Å². The van der Waals surface area contributed by atoms with E-state index in [0.717, 1.165) is 37.6 Å². The van der Waals surface area contributed by atoms with Crippen LogP contribution in [0.15, 0.2) is 48.5 Å². The quantitative estimate of drug-likeness (QED) is 0.775. The first-order chi connectivity index (χ1) is 13.0. The maximum Gasteiger partial charge on any atom is 0.387 e. The maximum absolute atomic E-state index is 12.5. The Labute approximate surface area is 157 Å². The first-order valence-electron chi connectivity index (χ1n) is 8.75. The lowest BCUT2D eigenvalue weighted by Gasteiger charge is -2.29. The first-order valence-corrected chi connectivity index (χ1v) is 8.75. The van der Waals surface area contributed by atoms with Gasteiger partial charge in [0.05, 0.1) is 13.2 Å². The normalized spacial score (nSPS) is 14.3. The molecule has 0 aromatic heterocycles. The minimum Gasteiger partial charge on any atom is -0.435 e. The molecule has 7 heteroatoms. The molecule has 2 aromatic carbocycles. The fourth-order valence-corrected chi connectivity index (χ4v) is 2.98. The predicted molar refractivity (Wildman–Crippen MR) is 98.3 cm³/mol. The van der Waals surface area contributed by atoms with Crippen LogP contribution in [-0.4, -0.2) is 50.8 Å². The smallest absolute Gasteiger partial charge is 0.387 e. The van der Waals surface area contributed by atoms with E-state index in [2.05, 4.69) is 21.8 Å². The topological polar surface area (TPSA) is 42.0 Å². The molecule has 0 saturated carbocycles. The van der Waals surface area contributed by atoms with Crippen molar-refractivity contribution in [2.75, 3.05) is 38.3 Å². The number of amides is 1. The van der Waals surface area contributed by atoms with Crippen molar-refractivity contribution in [1.29, 1.82) is 0 Å². The van der Waals surface area contributed by atoms with Gasteiger partial charge < -0.3 is 19.3 Å². The largest absolute Gasteiger partial charge is 0.435 e. The van der Waals surface area contributed by atoms with Crippen LogP contribution in [0.1, 0.15) is 15.9 Å². The number of ether oxygens (including phenoxy) is 2. The highest BCUT2D eigenvalue weighted by molar-refractivity contribution is 5.94. The average molecular weight is 376 g/mol. The molecule has 3 rings (SSSR count). The molecule has 0 aliphatic carbocycles. The summed E-state index contributed by atoms with van der Waals surface area (Å²) in [4.78, 5) is 16.4. The molecule has 0 bridgehead atoms.